The van der Waals surface area contributed by atoms with Crippen molar-refractivity contribution in [2.75, 3.05) is 9.42 Å². The molecule has 0 spiro atoms. The first-order valence-corrected chi connectivity index (χ1v) is 7.35. The minimum absolute atomic E-state index is 0.473. The van der Waals surface area contributed by atoms with Gasteiger partial charge in [-0.1, -0.05) is 0 Å². The van der Waals surface area contributed by atoms with E-state index in [1.165, 1.54) is 18.2 Å². The fourth-order valence-corrected chi connectivity index (χ4v) is 3.39. The molecule has 1 aliphatic rings. The van der Waals surface area contributed by atoms with E-state index in [4.69, 9.17) is 4.42 Å². The monoisotopic (exact) mass is 304 g/mol. The number of rotatable bonds is 3. The zero-order valence-electron chi connectivity index (χ0n) is 10.0. The summed E-state index contributed by atoms with van der Waals surface area (Å²) < 4.78 is 7.23. The van der Waals surface area contributed by atoms with Crippen LogP contribution in [-0.2, 0) is 0 Å². The normalized spacial score (nSPS) is 14.9. The van der Waals surface area contributed by atoms with Crippen LogP contribution >= 0.6 is 23.3 Å². The van der Waals surface area contributed by atoms with Crippen molar-refractivity contribution in [1.29, 1.82) is 0 Å². The molecule has 0 unspecified atom stereocenters. The Morgan fingerprint density at radius 2 is 2.15 bits per heavy atom. The number of nitrogens with one attached hydrogen (secondary N) is 1. The predicted molar refractivity (Wildman–Crippen MR) is 77.7 cm³/mol. The molecule has 0 aliphatic carbocycles. The molecule has 1 N–H and O–H groups in total. The Morgan fingerprint density at radius 3 is 2.85 bits per heavy atom. The smallest absolute Gasteiger partial charge is 0.321 e. The van der Waals surface area contributed by atoms with Crippen molar-refractivity contribution in [2.24, 2.45) is 0 Å². The molecule has 4 rings (SSSR count). The van der Waals surface area contributed by atoms with Gasteiger partial charge in [-0.25, -0.2) is 15.0 Å². The number of imidazole rings is 1. The van der Waals surface area contributed by atoms with Crippen LogP contribution in [0.4, 0.5) is 12.0 Å². The average molecular weight is 304 g/mol. The molecule has 100 valence electrons. The SMILES string of the molecule is C1=C(c2nccs2)SN(c2ncc[nH]2)N1c1ncco1. The molecule has 4 heterocycles. The van der Waals surface area contributed by atoms with Gasteiger partial charge in [0, 0.05) is 35.9 Å². The third-order valence-electron chi connectivity index (χ3n) is 2.54. The van der Waals surface area contributed by atoms with Crippen molar-refractivity contribution in [3.05, 3.63) is 47.6 Å². The Balaban J connectivity index is 1.74. The number of hydrogen-bond donors (Lipinski definition) is 1. The highest BCUT2D eigenvalue weighted by atomic mass is 32.2. The summed E-state index contributed by atoms with van der Waals surface area (Å²) in [5.41, 5.74) is 0. The largest absolute Gasteiger partial charge is 0.431 e. The van der Waals surface area contributed by atoms with E-state index in [-0.39, 0.29) is 0 Å². The highest BCUT2D eigenvalue weighted by Gasteiger charge is 2.31. The second kappa shape index (κ2) is 4.69. The summed E-state index contributed by atoms with van der Waals surface area (Å²) in [6.45, 7) is 0. The number of oxazole rings is 1. The lowest BCUT2D eigenvalue weighted by Crippen LogP contribution is -2.30. The van der Waals surface area contributed by atoms with Crippen LogP contribution in [0, 0.1) is 0 Å². The maximum absolute atomic E-state index is 5.37. The molecular formula is C11H8N6OS2. The molecule has 0 aromatic carbocycles. The highest BCUT2D eigenvalue weighted by Crippen LogP contribution is 2.42. The van der Waals surface area contributed by atoms with Crippen LogP contribution in [0.3, 0.4) is 0 Å². The zero-order chi connectivity index (χ0) is 13.4. The lowest BCUT2D eigenvalue weighted by atomic mass is 10.6. The summed E-state index contributed by atoms with van der Waals surface area (Å²) in [4.78, 5) is 16.8. The van der Waals surface area contributed by atoms with E-state index >= 15 is 0 Å². The molecule has 0 saturated carbocycles. The first-order chi connectivity index (χ1) is 9.92. The minimum Gasteiger partial charge on any atom is -0.431 e. The Labute approximate surface area is 122 Å². The fraction of sp³-hybridized carbons (Fsp3) is 0. The van der Waals surface area contributed by atoms with Crippen LogP contribution in [0.5, 0.6) is 0 Å². The molecule has 0 fully saturated rings. The Bertz CT molecular complexity index is 706. The van der Waals surface area contributed by atoms with Crippen LogP contribution in [0.25, 0.3) is 4.91 Å². The number of aromatic nitrogens is 4. The minimum atomic E-state index is 0.473. The quantitative estimate of drug-likeness (QED) is 0.746. The molecule has 9 heteroatoms. The van der Waals surface area contributed by atoms with E-state index in [1.807, 2.05) is 16.0 Å². The van der Waals surface area contributed by atoms with Gasteiger partial charge in [-0.2, -0.15) is 9.42 Å². The standard InChI is InChI=1S/C11H8N6OS2/c1-2-14-10(13-1)17-16(11-15-3-5-18-11)7-8(20-17)9-12-4-6-19-9/h1-7H,(H,13,14). The number of aromatic amines is 1. The summed E-state index contributed by atoms with van der Waals surface area (Å²) in [5, 5.41) is 4.68. The summed E-state index contributed by atoms with van der Waals surface area (Å²) in [5.74, 6) is 0.691. The van der Waals surface area contributed by atoms with Crippen molar-refractivity contribution in [3.8, 4) is 0 Å². The number of H-pyrrole nitrogens is 1. The Kier molecular flexibility index (Phi) is 2.71. The number of hydrogen-bond acceptors (Lipinski definition) is 8. The van der Waals surface area contributed by atoms with Gasteiger partial charge in [0.1, 0.15) is 11.3 Å². The lowest BCUT2D eigenvalue weighted by molar-refractivity contribution is 0.555. The molecule has 7 nitrogen and oxygen atoms in total. The maximum atomic E-state index is 5.37. The second-order valence-electron chi connectivity index (χ2n) is 3.77. The summed E-state index contributed by atoms with van der Waals surface area (Å²) in [6.07, 6.45) is 10.3. The van der Waals surface area contributed by atoms with E-state index in [1.54, 1.807) is 41.1 Å². The van der Waals surface area contributed by atoms with Gasteiger partial charge in [-0.05, 0) is 0 Å². The molecule has 0 bridgehead atoms. The zero-order valence-corrected chi connectivity index (χ0v) is 11.6. The lowest BCUT2D eigenvalue weighted by Gasteiger charge is -2.22. The van der Waals surface area contributed by atoms with Crippen molar-refractivity contribution in [2.45, 2.75) is 0 Å². The molecule has 0 saturated heterocycles. The molecular weight excluding hydrogens is 296 g/mol. The highest BCUT2D eigenvalue weighted by molar-refractivity contribution is 8.10. The van der Waals surface area contributed by atoms with Crippen LogP contribution in [-0.4, -0.2) is 19.9 Å². The van der Waals surface area contributed by atoms with Gasteiger partial charge < -0.3 is 9.40 Å². The third-order valence-corrected chi connectivity index (χ3v) is 4.50. The number of thiazole rings is 1. The number of anilines is 2. The molecule has 0 amide bonds. The first kappa shape index (κ1) is 11.6. The van der Waals surface area contributed by atoms with Crippen LogP contribution in [0.15, 0.2) is 47.0 Å². The predicted octanol–water partition coefficient (Wildman–Crippen LogP) is 2.74. The fourth-order valence-electron chi connectivity index (χ4n) is 1.73. The van der Waals surface area contributed by atoms with Gasteiger partial charge in [0.2, 0.25) is 5.95 Å². The van der Waals surface area contributed by atoms with Gasteiger partial charge in [0.05, 0.1) is 17.3 Å². The van der Waals surface area contributed by atoms with Gasteiger partial charge in [0.25, 0.3) is 0 Å². The average Bonchev–Trinajstić information content (AvgIpc) is 3.22. The first-order valence-electron chi connectivity index (χ1n) is 5.69. The molecule has 20 heavy (non-hydrogen) atoms. The van der Waals surface area contributed by atoms with Crippen LogP contribution in [0.1, 0.15) is 5.01 Å². The number of nitrogens with zero attached hydrogens (tertiary/aromatic N) is 5. The molecule has 1 aliphatic heterocycles. The summed E-state index contributed by atoms with van der Waals surface area (Å²) >= 11 is 3.09. The molecule has 3 aromatic rings. The van der Waals surface area contributed by atoms with Crippen LogP contribution < -0.4 is 9.42 Å². The molecule has 0 radical (unpaired) electrons. The van der Waals surface area contributed by atoms with E-state index in [9.17, 15) is 0 Å². The number of hydrazine groups is 1. The van der Waals surface area contributed by atoms with Gasteiger partial charge >= 0.3 is 6.01 Å². The van der Waals surface area contributed by atoms with Crippen LogP contribution in [0.2, 0.25) is 0 Å². The molecule has 0 atom stereocenters. The molecule has 3 aromatic heterocycles. The van der Waals surface area contributed by atoms with Crippen molar-refractivity contribution in [1.82, 2.24) is 19.9 Å². The van der Waals surface area contributed by atoms with Crippen molar-refractivity contribution < 1.29 is 4.42 Å². The Hall–Kier alpha value is -2.26. The van der Waals surface area contributed by atoms with E-state index in [0.29, 0.717) is 12.0 Å². The van der Waals surface area contributed by atoms with Gasteiger partial charge in [-0.3, -0.25) is 0 Å². The van der Waals surface area contributed by atoms with Gasteiger partial charge in [0.15, 0.2) is 0 Å². The van der Waals surface area contributed by atoms with Crippen molar-refractivity contribution in [3.63, 3.8) is 0 Å². The second-order valence-corrected chi connectivity index (χ2v) is 5.63. The third kappa shape index (κ3) is 1.87. The van der Waals surface area contributed by atoms with Crippen molar-refractivity contribution >= 4 is 40.2 Å². The maximum Gasteiger partial charge on any atom is 0.321 e. The van der Waals surface area contributed by atoms with E-state index in [0.717, 1.165) is 9.91 Å². The topological polar surface area (TPSA) is 74.1 Å². The summed E-state index contributed by atoms with van der Waals surface area (Å²) in [6, 6.07) is 0.473. The van der Waals surface area contributed by atoms with E-state index in [2.05, 4.69) is 19.9 Å². The van der Waals surface area contributed by atoms with Gasteiger partial charge in [-0.15, -0.1) is 11.3 Å². The summed E-state index contributed by atoms with van der Waals surface area (Å²) in [7, 11) is 0. The Morgan fingerprint density at radius 1 is 1.15 bits per heavy atom. The van der Waals surface area contributed by atoms with E-state index < -0.39 is 0 Å².